The molecule has 202 valence electrons. The number of rotatable bonds is 5. The minimum Gasteiger partial charge on any atom is -0.301 e. The van der Waals surface area contributed by atoms with Gasteiger partial charge in [-0.25, -0.2) is 0 Å². The average molecular weight is 557 g/mol. The van der Waals surface area contributed by atoms with E-state index in [9.17, 15) is 31.1 Å². The summed E-state index contributed by atoms with van der Waals surface area (Å²) >= 11 is 0. The van der Waals surface area contributed by atoms with Crippen molar-refractivity contribution >= 4 is 23.3 Å². The smallest absolute Gasteiger partial charge is 0.301 e. The molecule has 2 aromatic carbocycles. The Morgan fingerprint density at radius 1 is 0.842 bits per heavy atom. The van der Waals surface area contributed by atoms with Gasteiger partial charge < -0.3 is 4.90 Å². The highest BCUT2D eigenvalue weighted by molar-refractivity contribution is 5.85. The molecule has 0 amide bonds. The van der Waals surface area contributed by atoms with Gasteiger partial charge in [-0.15, -0.1) is 12.4 Å². The van der Waals surface area contributed by atoms with Crippen LogP contribution in [0.1, 0.15) is 24.0 Å². The van der Waals surface area contributed by atoms with Gasteiger partial charge in [0, 0.05) is 29.9 Å². The topological polar surface area (TPSA) is 43.1 Å². The molecule has 0 bridgehead atoms. The van der Waals surface area contributed by atoms with Crippen LogP contribution < -0.4 is 5.56 Å². The molecule has 0 saturated carbocycles. The number of fused-ring (bicyclic) bond motifs is 1. The summed E-state index contributed by atoms with van der Waals surface area (Å²) in [6, 6.07) is 8.96. The molecular formula is C26H23ClF6N4O. The van der Waals surface area contributed by atoms with E-state index in [1.807, 2.05) is 10.7 Å². The molecule has 2 aromatic heterocycles. The number of aromatic nitrogens is 3. The zero-order valence-corrected chi connectivity index (χ0v) is 20.7. The number of hydrogen-bond acceptors (Lipinski definition) is 3. The molecule has 38 heavy (non-hydrogen) atoms. The lowest BCUT2D eigenvalue weighted by Gasteiger charge is -2.16. The van der Waals surface area contributed by atoms with Gasteiger partial charge in [-0.05, 0) is 73.5 Å². The van der Waals surface area contributed by atoms with Gasteiger partial charge >= 0.3 is 12.4 Å². The van der Waals surface area contributed by atoms with E-state index >= 15 is 0 Å². The first kappa shape index (κ1) is 27.7. The van der Waals surface area contributed by atoms with Crippen molar-refractivity contribution in [3.8, 4) is 16.8 Å². The molecular weight excluding hydrogens is 534 g/mol. The molecule has 5 rings (SSSR count). The van der Waals surface area contributed by atoms with Crippen LogP contribution in [0.25, 0.3) is 27.7 Å². The predicted molar refractivity (Wildman–Crippen MR) is 134 cm³/mol. The minimum atomic E-state index is -5.04. The van der Waals surface area contributed by atoms with E-state index in [4.69, 9.17) is 0 Å². The molecule has 1 saturated heterocycles. The number of nitrogens with zero attached hydrogens (tertiary/aromatic N) is 4. The van der Waals surface area contributed by atoms with E-state index in [1.54, 1.807) is 18.3 Å². The van der Waals surface area contributed by atoms with Crippen LogP contribution in [0.2, 0.25) is 0 Å². The Balaban J connectivity index is 0.00000336. The van der Waals surface area contributed by atoms with Gasteiger partial charge in [0.05, 0.1) is 29.4 Å². The van der Waals surface area contributed by atoms with Crippen molar-refractivity contribution in [2.45, 2.75) is 31.7 Å². The zero-order valence-electron chi connectivity index (χ0n) is 19.9. The molecule has 12 heteroatoms. The maximum absolute atomic E-state index is 13.6. The van der Waals surface area contributed by atoms with Crippen molar-refractivity contribution in [2.24, 2.45) is 0 Å². The first-order chi connectivity index (χ1) is 17.5. The van der Waals surface area contributed by atoms with Crippen molar-refractivity contribution in [1.82, 2.24) is 19.2 Å². The molecule has 0 aliphatic carbocycles. The van der Waals surface area contributed by atoms with Crippen LogP contribution >= 0.6 is 12.4 Å². The molecule has 0 unspecified atom stereocenters. The highest BCUT2D eigenvalue weighted by atomic mass is 35.5. The Labute approximate surface area is 219 Å². The summed E-state index contributed by atoms with van der Waals surface area (Å²) in [6.45, 7) is 3.79. The predicted octanol–water partition coefficient (Wildman–Crippen LogP) is 6.41. The third-order valence-electron chi connectivity index (χ3n) is 6.61. The van der Waals surface area contributed by atoms with E-state index in [0.717, 1.165) is 49.2 Å². The molecule has 3 heterocycles. The zero-order chi connectivity index (χ0) is 26.4. The number of alkyl halides is 6. The van der Waals surface area contributed by atoms with Crippen LogP contribution in [-0.2, 0) is 18.9 Å². The lowest BCUT2D eigenvalue weighted by atomic mass is 9.97. The Morgan fingerprint density at radius 2 is 1.58 bits per heavy atom. The molecule has 1 aliphatic rings. The molecule has 0 radical (unpaired) electrons. The van der Waals surface area contributed by atoms with Gasteiger partial charge in [-0.3, -0.25) is 14.0 Å². The van der Waals surface area contributed by atoms with Gasteiger partial charge in [-0.2, -0.15) is 31.4 Å². The lowest BCUT2D eigenvalue weighted by molar-refractivity contribution is -0.142. The number of pyridine rings is 1. The maximum Gasteiger partial charge on any atom is 0.417 e. The van der Waals surface area contributed by atoms with Crippen LogP contribution in [0.4, 0.5) is 26.3 Å². The van der Waals surface area contributed by atoms with E-state index in [2.05, 4.69) is 10.00 Å². The molecule has 0 N–H and O–H groups in total. The fraction of sp³-hybridized carbons (Fsp3) is 0.308. The van der Waals surface area contributed by atoms with Gasteiger partial charge in [0.2, 0.25) is 0 Å². The van der Waals surface area contributed by atoms with Gasteiger partial charge in [0.25, 0.3) is 5.56 Å². The highest BCUT2D eigenvalue weighted by Gasteiger charge is 2.38. The van der Waals surface area contributed by atoms with Crippen LogP contribution in [0.3, 0.4) is 0 Å². The first-order valence-corrected chi connectivity index (χ1v) is 11.7. The number of benzene rings is 2. The van der Waals surface area contributed by atoms with E-state index < -0.39 is 34.6 Å². The highest BCUT2D eigenvalue weighted by Crippen LogP contribution is 2.40. The SMILES string of the molecule is Cl.O=c1cc(-c2ccc(C(F)(F)F)cc2C(F)(F)F)ccn1-c1ccc2c(cnn2CCN2CCCC2)c1. The van der Waals surface area contributed by atoms with E-state index in [0.29, 0.717) is 11.8 Å². The third-order valence-corrected chi connectivity index (χ3v) is 6.61. The van der Waals surface area contributed by atoms with Crippen LogP contribution in [0.5, 0.6) is 0 Å². The summed E-state index contributed by atoms with van der Waals surface area (Å²) < 4.78 is 82.9. The molecule has 0 spiro atoms. The quantitative estimate of drug-likeness (QED) is 0.267. The molecule has 1 fully saturated rings. The largest absolute Gasteiger partial charge is 0.417 e. The second kappa shape index (κ2) is 10.5. The van der Waals surface area contributed by atoms with Gasteiger partial charge in [-0.1, -0.05) is 6.07 Å². The normalized spacial score (nSPS) is 14.7. The maximum atomic E-state index is 13.6. The number of halogens is 7. The van der Waals surface area contributed by atoms with Crippen LogP contribution in [0, 0.1) is 0 Å². The molecule has 4 aromatic rings. The van der Waals surface area contributed by atoms with Crippen molar-refractivity contribution in [2.75, 3.05) is 19.6 Å². The summed E-state index contributed by atoms with van der Waals surface area (Å²) in [5, 5.41) is 5.24. The average Bonchev–Trinajstić information content (AvgIpc) is 3.50. The number of likely N-dealkylation sites (tertiary alicyclic amines) is 1. The summed E-state index contributed by atoms with van der Waals surface area (Å²) in [5.74, 6) is 0. The summed E-state index contributed by atoms with van der Waals surface area (Å²) in [7, 11) is 0. The van der Waals surface area contributed by atoms with Gasteiger partial charge in [0.1, 0.15) is 0 Å². The number of hydrogen-bond donors (Lipinski definition) is 0. The van der Waals surface area contributed by atoms with Gasteiger partial charge in [0.15, 0.2) is 0 Å². The van der Waals surface area contributed by atoms with E-state index in [-0.39, 0.29) is 24.0 Å². The first-order valence-electron chi connectivity index (χ1n) is 11.7. The molecule has 5 nitrogen and oxygen atoms in total. The molecule has 0 atom stereocenters. The van der Waals surface area contributed by atoms with Crippen molar-refractivity contribution in [1.29, 1.82) is 0 Å². The lowest BCUT2D eigenvalue weighted by Crippen LogP contribution is -2.24. The summed E-state index contributed by atoms with van der Waals surface area (Å²) in [4.78, 5) is 15.2. The van der Waals surface area contributed by atoms with Crippen molar-refractivity contribution < 1.29 is 26.3 Å². The fourth-order valence-electron chi connectivity index (χ4n) is 4.71. The Bertz CT molecular complexity index is 1500. The monoisotopic (exact) mass is 556 g/mol. The Hall–Kier alpha value is -3.31. The Kier molecular flexibility index (Phi) is 7.62. The second-order valence-corrected chi connectivity index (χ2v) is 9.04. The Morgan fingerprint density at radius 3 is 2.24 bits per heavy atom. The van der Waals surface area contributed by atoms with Crippen molar-refractivity contribution in [3.63, 3.8) is 0 Å². The minimum absolute atomic E-state index is 0. The second-order valence-electron chi connectivity index (χ2n) is 9.04. The third kappa shape index (κ3) is 5.58. The van der Waals surface area contributed by atoms with Crippen LogP contribution in [0.15, 0.2) is 65.7 Å². The summed E-state index contributed by atoms with van der Waals surface area (Å²) in [5.41, 5.74) is -2.73. The van der Waals surface area contributed by atoms with Crippen molar-refractivity contribution in [3.05, 3.63) is 82.4 Å². The standard InChI is InChI=1S/C26H22F6N4O.ClH/c27-25(28,29)19-3-5-21(22(15-19)26(30,31)32)17-7-10-35(24(37)14-17)20-4-6-23-18(13-20)16-33-36(23)12-11-34-8-1-2-9-34;/h3-7,10,13-16H,1-2,8-9,11-12H2;1H. The fourth-order valence-corrected chi connectivity index (χ4v) is 4.71. The van der Waals surface area contributed by atoms with E-state index in [1.165, 1.54) is 29.7 Å². The summed E-state index contributed by atoms with van der Waals surface area (Å²) in [6.07, 6.45) is -4.55. The van der Waals surface area contributed by atoms with Crippen LogP contribution in [-0.4, -0.2) is 38.9 Å². The molecule has 1 aliphatic heterocycles.